The van der Waals surface area contributed by atoms with Gasteiger partial charge < -0.3 is 14.8 Å². The van der Waals surface area contributed by atoms with Crippen LogP contribution >= 0.6 is 11.6 Å². The molecule has 0 aliphatic rings. The lowest BCUT2D eigenvalue weighted by molar-refractivity contribution is -0.385. The highest BCUT2D eigenvalue weighted by atomic mass is 35.5. The monoisotopic (exact) mass is 423 g/mol. The van der Waals surface area contributed by atoms with Crippen LogP contribution in [0.5, 0.6) is 5.75 Å². The summed E-state index contributed by atoms with van der Waals surface area (Å²) >= 11 is 5.77. The van der Waals surface area contributed by atoms with Crippen molar-refractivity contribution in [2.75, 3.05) is 12.4 Å². The lowest BCUT2D eigenvalue weighted by Crippen LogP contribution is -2.30. The molecule has 1 N–H and O–H groups in total. The molecule has 0 aliphatic carbocycles. The van der Waals surface area contributed by atoms with Crippen molar-refractivity contribution in [3.05, 3.63) is 67.2 Å². The second-order valence-corrected chi connectivity index (χ2v) is 6.03. The minimum absolute atomic E-state index is 0.0108. The number of anilines is 1. The number of nitro benzene ring substituents is 2. The van der Waals surface area contributed by atoms with Gasteiger partial charge in [0.1, 0.15) is 11.3 Å². The van der Waals surface area contributed by atoms with E-state index in [4.69, 9.17) is 21.1 Å². The first-order chi connectivity index (χ1) is 13.6. The zero-order valence-corrected chi connectivity index (χ0v) is 15.8. The highest BCUT2D eigenvalue weighted by Gasteiger charge is 2.26. The molecule has 29 heavy (non-hydrogen) atoms. The maximum absolute atomic E-state index is 12.3. The number of hydrogen-bond donors (Lipinski definition) is 1. The molecule has 1 unspecified atom stereocenters. The van der Waals surface area contributed by atoms with Crippen LogP contribution in [0, 0.1) is 20.2 Å². The maximum atomic E-state index is 12.3. The van der Waals surface area contributed by atoms with Gasteiger partial charge in [0.05, 0.1) is 22.6 Å². The molecule has 152 valence electrons. The summed E-state index contributed by atoms with van der Waals surface area (Å²) in [7, 11) is 1.30. The number of carbonyl (C=O) groups excluding carboxylic acids is 2. The van der Waals surface area contributed by atoms with Crippen molar-refractivity contribution in [1.82, 2.24) is 0 Å². The van der Waals surface area contributed by atoms with Gasteiger partial charge in [-0.1, -0.05) is 11.6 Å². The summed E-state index contributed by atoms with van der Waals surface area (Å²) in [6, 6.07) is 6.89. The normalized spacial score (nSPS) is 11.3. The smallest absolute Gasteiger partial charge is 0.345 e. The van der Waals surface area contributed by atoms with Gasteiger partial charge >= 0.3 is 5.97 Å². The van der Waals surface area contributed by atoms with E-state index in [0.717, 1.165) is 18.2 Å². The first-order valence-electron chi connectivity index (χ1n) is 7.92. The van der Waals surface area contributed by atoms with E-state index in [2.05, 4.69) is 5.32 Å². The molecule has 0 aliphatic heterocycles. The van der Waals surface area contributed by atoms with Crippen LogP contribution in [0.15, 0.2) is 36.4 Å². The fourth-order valence-electron chi connectivity index (χ4n) is 2.25. The Kier molecular flexibility index (Phi) is 6.67. The summed E-state index contributed by atoms with van der Waals surface area (Å²) in [4.78, 5) is 45.1. The van der Waals surface area contributed by atoms with E-state index in [1.54, 1.807) is 0 Å². The van der Waals surface area contributed by atoms with Crippen molar-refractivity contribution in [1.29, 1.82) is 0 Å². The number of hydrogen-bond acceptors (Lipinski definition) is 8. The molecule has 1 atom stereocenters. The Hall–Kier alpha value is -3.73. The summed E-state index contributed by atoms with van der Waals surface area (Å²) in [5, 5.41) is 24.4. The van der Waals surface area contributed by atoms with E-state index in [1.807, 2.05) is 0 Å². The molecule has 2 rings (SSSR count). The number of benzene rings is 2. The molecule has 0 spiro atoms. The molecule has 12 heteroatoms. The van der Waals surface area contributed by atoms with Crippen molar-refractivity contribution < 1.29 is 28.9 Å². The third kappa shape index (κ3) is 5.17. The summed E-state index contributed by atoms with van der Waals surface area (Å²) in [6.45, 7) is 1.23. The number of carbonyl (C=O) groups is 2. The molecule has 0 bridgehead atoms. The number of halogens is 1. The molecule has 0 radical (unpaired) electrons. The van der Waals surface area contributed by atoms with Gasteiger partial charge in [-0.2, -0.15) is 0 Å². The minimum atomic E-state index is -1.38. The standard InChI is InChI=1S/C17H14ClN3O8/c1-9(29-17(23)12-7-10(18)3-5-14(12)21(26)27)16(22)19-13-8-11(20(24)25)4-6-15(13)28-2/h3-9H,1-2H3,(H,19,22). The molecule has 1 amide bonds. The van der Waals surface area contributed by atoms with E-state index in [9.17, 15) is 29.8 Å². The molecule has 2 aromatic rings. The molecule has 0 saturated heterocycles. The zero-order chi connectivity index (χ0) is 21.7. The SMILES string of the molecule is COc1ccc([N+](=O)[O-])cc1NC(=O)C(C)OC(=O)c1cc(Cl)ccc1[N+](=O)[O-]. The van der Waals surface area contributed by atoms with Crippen molar-refractivity contribution in [2.45, 2.75) is 13.0 Å². The van der Waals surface area contributed by atoms with Crippen molar-refractivity contribution >= 4 is 40.5 Å². The van der Waals surface area contributed by atoms with E-state index >= 15 is 0 Å². The highest BCUT2D eigenvalue weighted by molar-refractivity contribution is 6.31. The first kappa shape index (κ1) is 21.6. The number of methoxy groups -OCH3 is 1. The molecular formula is C17H14ClN3O8. The van der Waals surface area contributed by atoms with E-state index < -0.39 is 39.1 Å². The van der Waals surface area contributed by atoms with Crippen LogP contribution in [0.4, 0.5) is 17.1 Å². The van der Waals surface area contributed by atoms with E-state index in [0.29, 0.717) is 0 Å². The average Bonchev–Trinajstić information content (AvgIpc) is 2.67. The summed E-state index contributed by atoms with van der Waals surface area (Å²) in [5.41, 5.74) is -1.26. The third-order valence-electron chi connectivity index (χ3n) is 3.68. The van der Waals surface area contributed by atoms with Crippen LogP contribution in [-0.4, -0.2) is 34.9 Å². The van der Waals surface area contributed by atoms with Crippen LogP contribution in [0.25, 0.3) is 0 Å². The number of nitro groups is 2. The maximum Gasteiger partial charge on any atom is 0.345 e. The van der Waals surface area contributed by atoms with Crippen LogP contribution in [0.1, 0.15) is 17.3 Å². The van der Waals surface area contributed by atoms with Crippen LogP contribution in [-0.2, 0) is 9.53 Å². The van der Waals surface area contributed by atoms with Gasteiger partial charge in [0.15, 0.2) is 6.10 Å². The Morgan fingerprint density at radius 2 is 1.79 bits per heavy atom. The summed E-state index contributed by atoms with van der Waals surface area (Å²) in [6.07, 6.45) is -1.38. The Bertz CT molecular complexity index is 995. The number of rotatable bonds is 7. The Morgan fingerprint density at radius 3 is 2.38 bits per heavy atom. The van der Waals surface area contributed by atoms with Crippen LogP contribution in [0.3, 0.4) is 0 Å². The van der Waals surface area contributed by atoms with Crippen LogP contribution in [0.2, 0.25) is 5.02 Å². The fraction of sp³-hybridized carbons (Fsp3) is 0.176. The van der Waals surface area contributed by atoms with E-state index in [-0.39, 0.29) is 22.1 Å². The topological polar surface area (TPSA) is 151 Å². The van der Waals surface area contributed by atoms with Gasteiger partial charge in [-0.3, -0.25) is 25.0 Å². The number of amides is 1. The lowest BCUT2D eigenvalue weighted by Gasteiger charge is -2.15. The molecule has 11 nitrogen and oxygen atoms in total. The third-order valence-corrected chi connectivity index (χ3v) is 3.92. The highest BCUT2D eigenvalue weighted by Crippen LogP contribution is 2.29. The van der Waals surface area contributed by atoms with E-state index in [1.165, 1.54) is 32.2 Å². The van der Waals surface area contributed by atoms with Gasteiger partial charge in [0, 0.05) is 23.2 Å². The Labute approximate surface area is 168 Å². The second-order valence-electron chi connectivity index (χ2n) is 5.60. The zero-order valence-electron chi connectivity index (χ0n) is 15.1. The van der Waals surface area contributed by atoms with Gasteiger partial charge in [-0.15, -0.1) is 0 Å². The number of nitrogens with one attached hydrogen (secondary N) is 1. The fourth-order valence-corrected chi connectivity index (χ4v) is 2.42. The molecular weight excluding hydrogens is 410 g/mol. The lowest BCUT2D eigenvalue weighted by atomic mass is 10.2. The van der Waals surface area contributed by atoms with Gasteiger partial charge in [-0.05, 0) is 25.1 Å². The van der Waals surface area contributed by atoms with Crippen molar-refractivity contribution in [2.24, 2.45) is 0 Å². The van der Waals surface area contributed by atoms with Crippen LogP contribution < -0.4 is 10.1 Å². The molecule has 0 fully saturated rings. The van der Waals surface area contributed by atoms with Gasteiger partial charge in [-0.25, -0.2) is 4.79 Å². The molecule has 0 heterocycles. The van der Waals surface area contributed by atoms with Gasteiger partial charge in [0.25, 0.3) is 17.3 Å². The molecule has 0 aromatic heterocycles. The number of ether oxygens (including phenoxy) is 2. The average molecular weight is 424 g/mol. The minimum Gasteiger partial charge on any atom is -0.495 e. The Morgan fingerprint density at radius 1 is 1.10 bits per heavy atom. The first-order valence-corrected chi connectivity index (χ1v) is 8.30. The number of esters is 1. The molecule has 0 saturated carbocycles. The van der Waals surface area contributed by atoms with Crippen molar-refractivity contribution in [3.63, 3.8) is 0 Å². The van der Waals surface area contributed by atoms with Gasteiger partial charge in [0.2, 0.25) is 0 Å². The Balaban J connectivity index is 2.19. The number of non-ortho nitro benzene ring substituents is 1. The largest absolute Gasteiger partial charge is 0.495 e. The predicted octanol–water partition coefficient (Wildman–Crippen LogP) is 3.35. The second kappa shape index (κ2) is 8.97. The summed E-state index contributed by atoms with van der Waals surface area (Å²) in [5.74, 6) is -1.82. The number of nitrogens with zero attached hydrogens (tertiary/aromatic N) is 2. The quantitative estimate of drug-likeness (QED) is 0.404. The molecule has 2 aromatic carbocycles. The summed E-state index contributed by atoms with van der Waals surface area (Å²) < 4.78 is 10.0. The van der Waals surface area contributed by atoms with Crippen molar-refractivity contribution in [3.8, 4) is 5.75 Å². The predicted molar refractivity (Wildman–Crippen MR) is 101 cm³/mol.